The molecule has 2 aliphatic rings. The van der Waals surface area contributed by atoms with Crippen LogP contribution in [0.25, 0.3) is 0 Å². The second kappa shape index (κ2) is 6.88. The van der Waals surface area contributed by atoms with Crippen LogP contribution in [0.2, 0.25) is 5.02 Å². The van der Waals surface area contributed by atoms with Gasteiger partial charge in [-0.25, -0.2) is 0 Å². The molecule has 0 unspecified atom stereocenters. The summed E-state index contributed by atoms with van der Waals surface area (Å²) in [5.74, 6) is 0.312. The monoisotopic (exact) mass is 372 g/mol. The summed E-state index contributed by atoms with van der Waals surface area (Å²) in [5, 5.41) is 6.02. The van der Waals surface area contributed by atoms with E-state index in [2.05, 4.69) is 10.6 Å². The molecule has 26 heavy (non-hydrogen) atoms. The van der Waals surface area contributed by atoms with Gasteiger partial charge in [-0.05, 0) is 37.1 Å². The number of benzene rings is 2. The molecule has 0 spiro atoms. The van der Waals surface area contributed by atoms with E-state index < -0.39 is 0 Å². The third-order valence-electron chi connectivity index (χ3n) is 4.19. The number of carbonyl (C=O) groups is 2. The van der Waals surface area contributed by atoms with Crippen molar-refractivity contribution in [1.29, 1.82) is 0 Å². The number of nitrogens with one attached hydrogen (secondary N) is 2. The van der Waals surface area contributed by atoms with Crippen molar-refractivity contribution >= 4 is 29.1 Å². The molecule has 2 N–H and O–H groups in total. The zero-order valence-electron chi connectivity index (χ0n) is 13.9. The molecule has 134 valence electrons. The highest BCUT2D eigenvalue weighted by atomic mass is 35.5. The molecular weight excluding hydrogens is 356 g/mol. The summed E-state index contributed by atoms with van der Waals surface area (Å²) in [6.07, 6.45) is 1.99. The normalized spacial score (nSPS) is 15.3. The topological polar surface area (TPSA) is 76.7 Å². The molecule has 2 amide bonds. The minimum atomic E-state index is -0.379. The first kappa shape index (κ1) is 16.7. The smallest absolute Gasteiger partial charge is 0.255 e. The molecule has 7 heteroatoms. The van der Waals surface area contributed by atoms with Crippen molar-refractivity contribution in [3.8, 4) is 11.5 Å². The Labute approximate surface area is 155 Å². The fraction of sp³-hybridized carbons (Fsp3) is 0.263. The van der Waals surface area contributed by atoms with Gasteiger partial charge in [0.1, 0.15) is 13.2 Å². The highest BCUT2D eigenvalue weighted by Crippen LogP contribution is 2.38. The second-order valence-electron chi connectivity index (χ2n) is 6.23. The van der Waals surface area contributed by atoms with Crippen molar-refractivity contribution in [2.24, 2.45) is 0 Å². The van der Waals surface area contributed by atoms with E-state index in [1.807, 2.05) is 0 Å². The van der Waals surface area contributed by atoms with Crippen molar-refractivity contribution in [3.05, 3.63) is 52.5 Å². The Bertz CT molecular complexity index is 880. The largest absolute Gasteiger partial charge is 0.486 e. The zero-order valence-corrected chi connectivity index (χ0v) is 14.6. The summed E-state index contributed by atoms with van der Waals surface area (Å²) in [6, 6.07) is 10.3. The van der Waals surface area contributed by atoms with E-state index in [1.54, 1.807) is 30.3 Å². The lowest BCUT2D eigenvalue weighted by Crippen LogP contribution is -2.27. The van der Waals surface area contributed by atoms with Gasteiger partial charge in [0, 0.05) is 11.6 Å². The fourth-order valence-electron chi connectivity index (χ4n) is 2.72. The van der Waals surface area contributed by atoms with E-state index in [1.165, 1.54) is 6.07 Å². The molecule has 1 aliphatic heterocycles. The van der Waals surface area contributed by atoms with Crippen LogP contribution in [0.4, 0.5) is 5.69 Å². The van der Waals surface area contributed by atoms with E-state index in [9.17, 15) is 9.59 Å². The van der Waals surface area contributed by atoms with Crippen molar-refractivity contribution in [1.82, 2.24) is 5.32 Å². The molecule has 2 aromatic carbocycles. The van der Waals surface area contributed by atoms with Crippen LogP contribution in [-0.2, 0) is 0 Å². The van der Waals surface area contributed by atoms with Crippen LogP contribution in [0.5, 0.6) is 11.5 Å². The molecule has 1 heterocycles. The summed E-state index contributed by atoms with van der Waals surface area (Å²) in [5.41, 5.74) is 1.20. The first-order chi connectivity index (χ1) is 12.6. The van der Waals surface area contributed by atoms with Gasteiger partial charge in [0.2, 0.25) is 0 Å². The molecule has 1 aliphatic carbocycles. The van der Waals surface area contributed by atoms with Gasteiger partial charge in [-0.3, -0.25) is 9.59 Å². The van der Waals surface area contributed by atoms with Gasteiger partial charge < -0.3 is 20.1 Å². The Morgan fingerprint density at radius 1 is 1.04 bits per heavy atom. The molecule has 0 bridgehead atoms. The van der Waals surface area contributed by atoms with Crippen LogP contribution in [0.15, 0.2) is 36.4 Å². The molecule has 0 aromatic heterocycles. The minimum Gasteiger partial charge on any atom is -0.486 e. The molecule has 1 fully saturated rings. The van der Waals surface area contributed by atoms with E-state index >= 15 is 0 Å². The van der Waals surface area contributed by atoms with Gasteiger partial charge in [-0.1, -0.05) is 23.7 Å². The number of hydrogen-bond donors (Lipinski definition) is 2. The van der Waals surface area contributed by atoms with Gasteiger partial charge in [0.25, 0.3) is 11.8 Å². The van der Waals surface area contributed by atoms with Gasteiger partial charge in [0.05, 0.1) is 16.3 Å². The Kier molecular flexibility index (Phi) is 4.42. The SMILES string of the molecule is O=C(Nc1ccccc1C(=O)NC1CC1)c1cc(Cl)c2c(c1)OCCO2. The molecular formula is C19H17ClN2O4. The van der Waals surface area contributed by atoms with Gasteiger partial charge in [-0.15, -0.1) is 0 Å². The van der Waals surface area contributed by atoms with Crippen LogP contribution >= 0.6 is 11.6 Å². The predicted molar refractivity (Wildman–Crippen MR) is 97.3 cm³/mol. The highest BCUT2D eigenvalue weighted by molar-refractivity contribution is 6.32. The lowest BCUT2D eigenvalue weighted by Gasteiger charge is -2.20. The van der Waals surface area contributed by atoms with E-state index in [0.717, 1.165) is 12.8 Å². The molecule has 0 saturated heterocycles. The standard InChI is InChI=1S/C19H17ClN2O4/c20-14-9-11(10-16-17(14)26-8-7-25-16)18(23)22-15-4-2-1-3-13(15)19(24)21-12-5-6-12/h1-4,9-10,12H,5-8H2,(H,21,24)(H,22,23). The Balaban J connectivity index is 1.57. The molecule has 2 aromatic rings. The summed E-state index contributed by atoms with van der Waals surface area (Å²) in [7, 11) is 0. The Morgan fingerprint density at radius 3 is 2.62 bits per heavy atom. The van der Waals surface area contributed by atoms with Crippen LogP contribution in [0, 0.1) is 0 Å². The van der Waals surface area contributed by atoms with Crippen LogP contribution in [0.3, 0.4) is 0 Å². The zero-order chi connectivity index (χ0) is 18.1. The van der Waals surface area contributed by atoms with Gasteiger partial charge in [0.15, 0.2) is 11.5 Å². The third kappa shape index (κ3) is 3.46. The average Bonchev–Trinajstić information content (AvgIpc) is 3.46. The van der Waals surface area contributed by atoms with Gasteiger partial charge in [-0.2, -0.15) is 0 Å². The molecule has 4 rings (SSSR count). The number of para-hydroxylation sites is 1. The lowest BCUT2D eigenvalue weighted by atomic mass is 10.1. The predicted octanol–water partition coefficient (Wildman–Crippen LogP) is 3.26. The Hall–Kier alpha value is -2.73. The summed E-state index contributed by atoms with van der Waals surface area (Å²) >= 11 is 6.19. The number of hydrogen-bond acceptors (Lipinski definition) is 4. The molecule has 1 saturated carbocycles. The highest BCUT2D eigenvalue weighted by Gasteiger charge is 2.25. The quantitative estimate of drug-likeness (QED) is 0.863. The first-order valence-corrected chi connectivity index (χ1v) is 8.80. The molecule has 0 atom stereocenters. The number of ether oxygens (including phenoxy) is 2. The van der Waals surface area contributed by atoms with E-state index in [0.29, 0.717) is 46.5 Å². The van der Waals surface area contributed by atoms with Crippen LogP contribution in [0.1, 0.15) is 33.6 Å². The number of halogens is 1. The van der Waals surface area contributed by atoms with Crippen LogP contribution < -0.4 is 20.1 Å². The summed E-state index contributed by atoms with van der Waals surface area (Å²) in [6.45, 7) is 0.820. The van der Waals surface area contributed by atoms with Crippen molar-refractivity contribution in [3.63, 3.8) is 0 Å². The fourth-order valence-corrected chi connectivity index (χ4v) is 2.98. The van der Waals surface area contributed by atoms with Crippen molar-refractivity contribution < 1.29 is 19.1 Å². The summed E-state index contributed by atoms with van der Waals surface area (Å²) < 4.78 is 11.0. The van der Waals surface area contributed by atoms with Gasteiger partial charge >= 0.3 is 0 Å². The number of carbonyl (C=O) groups excluding carboxylic acids is 2. The first-order valence-electron chi connectivity index (χ1n) is 8.42. The summed E-state index contributed by atoms with van der Waals surface area (Å²) in [4.78, 5) is 25.0. The maximum Gasteiger partial charge on any atom is 0.255 e. The second-order valence-corrected chi connectivity index (χ2v) is 6.64. The number of rotatable bonds is 4. The third-order valence-corrected chi connectivity index (χ3v) is 4.47. The van der Waals surface area contributed by atoms with Crippen LogP contribution in [-0.4, -0.2) is 31.1 Å². The lowest BCUT2D eigenvalue weighted by molar-refractivity contribution is 0.0952. The molecule has 0 radical (unpaired) electrons. The van der Waals surface area contributed by atoms with Crippen molar-refractivity contribution in [2.75, 3.05) is 18.5 Å². The number of anilines is 1. The minimum absolute atomic E-state index is 0.191. The maximum absolute atomic E-state index is 12.7. The number of amides is 2. The molecule has 6 nitrogen and oxygen atoms in total. The van der Waals surface area contributed by atoms with Crippen molar-refractivity contribution in [2.45, 2.75) is 18.9 Å². The average molecular weight is 373 g/mol. The number of fused-ring (bicyclic) bond motifs is 1. The van der Waals surface area contributed by atoms with E-state index in [-0.39, 0.29) is 17.9 Å². The van der Waals surface area contributed by atoms with E-state index in [4.69, 9.17) is 21.1 Å². The Morgan fingerprint density at radius 2 is 1.81 bits per heavy atom. The maximum atomic E-state index is 12.7.